The number of carbonyl (C=O) groups excluding carboxylic acids is 2. The summed E-state index contributed by atoms with van der Waals surface area (Å²) in [7, 11) is 0. The van der Waals surface area contributed by atoms with Gasteiger partial charge >= 0.3 is 0 Å². The van der Waals surface area contributed by atoms with E-state index in [1.165, 1.54) is 0 Å². The molecule has 0 saturated heterocycles. The number of nitrogens with one attached hydrogen (secondary N) is 1. The third-order valence-electron chi connectivity index (χ3n) is 3.03. The molecule has 0 aliphatic carbocycles. The van der Waals surface area contributed by atoms with Crippen LogP contribution in [0.25, 0.3) is 0 Å². The van der Waals surface area contributed by atoms with Crippen molar-refractivity contribution in [1.29, 1.82) is 0 Å². The molecule has 1 aromatic carbocycles. The lowest BCUT2D eigenvalue weighted by atomic mass is 10.1. The number of rotatable bonds is 7. The van der Waals surface area contributed by atoms with Crippen molar-refractivity contribution in [2.75, 3.05) is 19.6 Å². The highest BCUT2D eigenvalue weighted by Gasteiger charge is 2.17. The maximum Gasteiger partial charge on any atom is 0.251 e. The molecule has 2 amide bonds. The average Bonchev–Trinajstić information content (AvgIpc) is 2.43. The zero-order valence-electron chi connectivity index (χ0n) is 13.7. The Balaban J connectivity index is 2.58. The topological polar surface area (TPSA) is 49.4 Å². The van der Waals surface area contributed by atoms with E-state index in [2.05, 4.69) is 48.9 Å². The largest absolute Gasteiger partial charge is 0.343 e. The minimum absolute atomic E-state index is 0.0344. The lowest BCUT2D eigenvalue weighted by Gasteiger charge is -2.26. The van der Waals surface area contributed by atoms with Gasteiger partial charge in [0.15, 0.2) is 0 Å². The Morgan fingerprint density at radius 2 is 1.55 bits per heavy atom. The Labute approximate surface area is 141 Å². The highest BCUT2D eigenvalue weighted by Crippen LogP contribution is 2.10. The van der Waals surface area contributed by atoms with Gasteiger partial charge in [0.25, 0.3) is 5.91 Å². The van der Waals surface area contributed by atoms with Crippen LogP contribution < -0.4 is 5.32 Å². The Morgan fingerprint density at radius 1 is 1.05 bits per heavy atom. The lowest BCUT2D eigenvalue weighted by Crippen LogP contribution is -2.43. The summed E-state index contributed by atoms with van der Waals surface area (Å²) in [5.41, 5.74) is 0.551. The smallest absolute Gasteiger partial charge is 0.251 e. The zero-order chi connectivity index (χ0) is 16.7. The first kappa shape index (κ1) is 18.7. The van der Waals surface area contributed by atoms with Crippen LogP contribution in [0.5, 0.6) is 0 Å². The molecule has 0 fully saturated rings. The van der Waals surface area contributed by atoms with E-state index in [-0.39, 0.29) is 18.4 Å². The highest BCUT2D eigenvalue weighted by molar-refractivity contribution is 9.10. The number of hydrogen-bond donors (Lipinski definition) is 1. The number of carbonyl (C=O) groups is 2. The normalized spacial score (nSPS) is 10.9. The van der Waals surface area contributed by atoms with E-state index in [0.717, 1.165) is 4.47 Å². The van der Waals surface area contributed by atoms with Gasteiger partial charge in [-0.2, -0.15) is 0 Å². The Bertz CT molecular complexity index is 488. The van der Waals surface area contributed by atoms with Crippen molar-refractivity contribution in [1.82, 2.24) is 10.2 Å². The molecule has 0 bridgehead atoms. The second kappa shape index (κ2) is 8.93. The van der Waals surface area contributed by atoms with Gasteiger partial charge in [-0.1, -0.05) is 43.6 Å². The number of benzene rings is 1. The fourth-order valence-electron chi connectivity index (χ4n) is 2.13. The number of hydrogen-bond acceptors (Lipinski definition) is 2. The summed E-state index contributed by atoms with van der Waals surface area (Å²) in [5.74, 6) is 0.553. The molecule has 0 heterocycles. The second-order valence-electron chi connectivity index (χ2n) is 6.28. The van der Waals surface area contributed by atoms with Crippen molar-refractivity contribution in [2.24, 2.45) is 11.8 Å². The molecule has 4 nitrogen and oxygen atoms in total. The number of amides is 2. The predicted molar refractivity (Wildman–Crippen MR) is 92.7 cm³/mol. The van der Waals surface area contributed by atoms with Crippen molar-refractivity contribution < 1.29 is 9.59 Å². The van der Waals surface area contributed by atoms with Gasteiger partial charge in [0.1, 0.15) is 0 Å². The minimum atomic E-state index is -0.227. The predicted octanol–water partition coefficient (Wildman–Crippen LogP) is 3.32. The minimum Gasteiger partial charge on any atom is -0.343 e. The molecule has 0 atom stereocenters. The summed E-state index contributed by atoms with van der Waals surface area (Å²) in [6.45, 7) is 9.80. The van der Waals surface area contributed by atoms with Gasteiger partial charge in [-0.05, 0) is 36.1 Å². The SMILES string of the molecule is CC(C)CN(CC(C)C)C(=O)CNC(=O)c1ccc(Br)cc1. The van der Waals surface area contributed by atoms with Crippen molar-refractivity contribution in [2.45, 2.75) is 27.7 Å². The van der Waals surface area contributed by atoms with Gasteiger partial charge in [0.2, 0.25) is 5.91 Å². The van der Waals surface area contributed by atoms with E-state index in [9.17, 15) is 9.59 Å². The van der Waals surface area contributed by atoms with E-state index in [0.29, 0.717) is 30.5 Å². The molecule has 1 rings (SSSR count). The molecular weight excluding hydrogens is 344 g/mol. The Hall–Kier alpha value is -1.36. The molecule has 5 heteroatoms. The van der Waals surface area contributed by atoms with E-state index >= 15 is 0 Å². The zero-order valence-corrected chi connectivity index (χ0v) is 15.3. The van der Waals surface area contributed by atoms with Crippen molar-refractivity contribution in [3.05, 3.63) is 34.3 Å². The highest BCUT2D eigenvalue weighted by atomic mass is 79.9. The third-order valence-corrected chi connectivity index (χ3v) is 3.56. The molecule has 0 aliphatic heterocycles. The second-order valence-corrected chi connectivity index (χ2v) is 7.19. The van der Waals surface area contributed by atoms with Crippen molar-refractivity contribution in [3.63, 3.8) is 0 Å². The van der Waals surface area contributed by atoms with Crippen LogP contribution in [0, 0.1) is 11.8 Å². The molecule has 1 aromatic rings. The van der Waals surface area contributed by atoms with E-state index in [1.54, 1.807) is 24.3 Å². The molecule has 0 aromatic heterocycles. The van der Waals surface area contributed by atoms with Crippen LogP contribution in [0.1, 0.15) is 38.1 Å². The van der Waals surface area contributed by atoms with Crippen LogP contribution in [-0.4, -0.2) is 36.3 Å². The van der Waals surface area contributed by atoms with E-state index < -0.39 is 0 Å². The first-order chi connectivity index (χ1) is 10.3. The molecule has 22 heavy (non-hydrogen) atoms. The van der Waals surface area contributed by atoms with Crippen LogP contribution in [0.2, 0.25) is 0 Å². The van der Waals surface area contributed by atoms with Crippen LogP contribution >= 0.6 is 15.9 Å². The van der Waals surface area contributed by atoms with Gasteiger partial charge < -0.3 is 10.2 Å². The molecule has 0 aliphatic rings. The van der Waals surface area contributed by atoms with Crippen LogP contribution in [0.3, 0.4) is 0 Å². The van der Waals surface area contributed by atoms with Gasteiger partial charge in [0.05, 0.1) is 6.54 Å². The van der Waals surface area contributed by atoms with Gasteiger partial charge in [-0.25, -0.2) is 0 Å². The fourth-order valence-corrected chi connectivity index (χ4v) is 2.40. The first-order valence-corrected chi connectivity index (χ1v) is 8.40. The van der Waals surface area contributed by atoms with Crippen molar-refractivity contribution in [3.8, 4) is 0 Å². The Kier molecular flexibility index (Phi) is 7.59. The standard InChI is InChI=1S/C17H25BrN2O2/c1-12(2)10-20(11-13(3)4)16(21)9-19-17(22)14-5-7-15(18)8-6-14/h5-8,12-13H,9-11H2,1-4H3,(H,19,22). The maximum atomic E-state index is 12.3. The molecule has 122 valence electrons. The summed E-state index contributed by atoms with van der Waals surface area (Å²) >= 11 is 3.33. The molecule has 1 N–H and O–H groups in total. The molecule has 0 radical (unpaired) electrons. The average molecular weight is 369 g/mol. The third kappa shape index (κ3) is 6.60. The molecule has 0 unspecified atom stereocenters. The summed E-state index contributed by atoms with van der Waals surface area (Å²) < 4.78 is 0.917. The summed E-state index contributed by atoms with van der Waals surface area (Å²) in [5, 5.41) is 2.70. The summed E-state index contributed by atoms with van der Waals surface area (Å²) in [4.78, 5) is 26.2. The molecular formula is C17H25BrN2O2. The van der Waals surface area contributed by atoms with Crippen LogP contribution in [-0.2, 0) is 4.79 Å². The van der Waals surface area contributed by atoms with Crippen LogP contribution in [0.4, 0.5) is 0 Å². The molecule has 0 saturated carbocycles. The van der Waals surface area contributed by atoms with E-state index in [1.807, 2.05) is 4.90 Å². The van der Waals surface area contributed by atoms with Gasteiger partial charge in [0, 0.05) is 23.1 Å². The van der Waals surface area contributed by atoms with Gasteiger partial charge in [-0.15, -0.1) is 0 Å². The van der Waals surface area contributed by atoms with E-state index in [4.69, 9.17) is 0 Å². The number of halogens is 1. The monoisotopic (exact) mass is 368 g/mol. The number of nitrogens with zero attached hydrogens (tertiary/aromatic N) is 1. The fraction of sp³-hybridized carbons (Fsp3) is 0.529. The maximum absolute atomic E-state index is 12.3. The molecule has 0 spiro atoms. The lowest BCUT2D eigenvalue weighted by molar-refractivity contribution is -0.131. The first-order valence-electron chi connectivity index (χ1n) is 7.61. The Morgan fingerprint density at radius 3 is 2.00 bits per heavy atom. The quantitative estimate of drug-likeness (QED) is 0.802. The summed E-state index contributed by atoms with van der Waals surface area (Å²) in [6.07, 6.45) is 0. The van der Waals surface area contributed by atoms with Gasteiger partial charge in [-0.3, -0.25) is 9.59 Å². The van der Waals surface area contributed by atoms with Crippen LogP contribution in [0.15, 0.2) is 28.7 Å². The summed E-state index contributed by atoms with van der Waals surface area (Å²) in [6, 6.07) is 7.06. The van der Waals surface area contributed by atoms with Crippen molar-refractivity contribution >= 4 is 27.7 Å².